The van der Waals surface area contributed by atoms with Crippen LogP contribution in [-0.4, -0.2) is 37.8 Å². The molecule has 2 fully saturated rings. The molecule has 2 aromatic rings. The summed E-state index contributed by atoms with van der Waals surface area (Å²) in [4.78, 5) is 6.66. The lowest BCUT2D eigenvalue weighted by Crippen LogP contribution is -2.43. The summed E-state index contributed by atoms with van der Waals surface area (Å²) >= 11 is 0. The zero-order chi connectivity index (χ0) is 17.3. The molecule has 6 nitrogen and oxygen atoms in total. The first kappa shape index (κ1) is 16.8. The molecular formula is C18H25N3O3S. The fourth-order valence-corrected chi connectivity index (χ4v) is 5.60. The number of hydrogen-bond donors (Lipinski definition) is 1. The molecule has 136 valence electrons. The Balaban J connectivity index is 1.44. The molecule has 1 saturated carbocycles. The standard InChI is InChI=1S/C18H25N3O3S/c22-25(23,15-8-2-1-3-9-15)19-13-14-7-6-12-21(14)18-20-16-10-4-5-11-17(16)24-18/h4-5,10-11,14-15,19H,1-3,6-9,12-13H2. The molecule has 0 spiro atoms. The van der Waals surface area contributed by atoms with Gasteiger partial charge in [-0.2, -0.15) is 4.98 Å². The highest BCUT2D eigenvalue weighted by molar-refractivity contribution is 7.90. The molecule has 0 amide bonds. The Morgan fingerprint density at radius 2 is 1.92 bits per heavy atom. The third-order valence-corrected chi connectivity index (χ3v) is 7.33. The molecule has 25 heavy (non-hydrogen) atoms. The molecule has 0 bridgehead atoms. The van der Waals surface area contributed by atoms with E-state index in [2.05, 4.69) is 14.6 Å². The molecule has 1 unspecified atom stereocenters. The quantitative estimate of drug-likeness (QED) is 0.884. The van der Waals surface area contributed by atoms with Crippen LogP contribution < -0.4 is 9.62 Å². The minimum atomic E-state index is -3.23. The summed E-state index contributed by atoms with van der Waals surface area (Å²) in [6.07, 6.45) is 6.73. The number of anilines is 1. The summed E-state index contributed by atoms with van der Waals surface area (Å²) in [5, 5.41) is -0.222. The van der Waals surface area contributed by atoms with Crippen LogP contribution in [0.2, 0.25) is 0 Å². The van der Waals surface area contributed by atoms with Crippen molar-refractivity contribution >= 4 is 27.1 Å². The Kier molecular flexibility index (Phi) is 4.69. The van der Waals surface area contributed by atoms with Crippen molar-refractivity contribution in [3.63, 3.8) is 0 Å². The molecule has 1 atom stereocenters. The normalized spacial score (nSPS) is 22.7. The molecule has 1 saturated heterocycles. The van der Waals surface area contributed by atoms with E-state index in [-0.39, 0.29) is 11.3 Å². The number of benzene rings is 1. The largest absolute Gasteiger partial charge is 0.423 e. The van der Waals surface area contributed by atoms with E-state index in [4.69, 9.17) is 4.42 Å². The number of hydrogen-bond acceptors (Lipinski definition) is 5. The van der Waals surface area contributed by atoms with Gasteiger partial charge in [0.05, 0.1) is 5.25 Å². The highest BCUT2D eigenvalue weighted by Crippen LogP contribution is 2.28. The van der Waals surface area contributed by atoms with Crippen LogP contribution in [0.25, 0.3) is 11.1 Å². The summed E-state index contributed by atoms with van der Waals surface area (Å²) in [6.45, 7) is 1.28. The molecule has 1 N–H and O–H groups in total. The lowest BCUT2D eigenvalue weighted by Gasteiger charge is -2.26. The zero-order valence-corrected chi connectivity index (χ0v) is 15.2. The molecule has 7 heteroatoms. The van der Waals surface area contributed by atoms with Crippen LogP contribution in [0.3, 0.4) is 0 Å². The van der Waals surface area contributed by atoms with Crippen LogP contribution in [0.5, 0.6) is 0 Å². The molecule has 0 radical (unpaired) electrons. The Morgan fingerprint density at radius 3 is 2.72 bits per heavy atom. The van der Waals surface area contributed by atoms with Gasteiger partial charge in [-0.15, -0.1) is 0 Å². The number of aromatic nitrogens is 1. The van der Waals surface area contributed by atoms with Crippen molar-refractivity contribution < 1.29 is 12.8 Å². The predicted molar refractivity (Wildman–Crippen MR) is 98.2 cm³/mol. The lowest BCUT2D eigenvalue weighted by molar-refractivity contribution is 0.473. The fraction of sp³-hybridized carbons (Fsp3) is 0.611. The van der Waals surface area contributed by atoms with E-state index in [1.54, 1.807) is 0 Å². The maximum Gasteiger partial charge on any atom is 0.298 e. The van der Waals surface area contributed by atoms with Crippen molar-refractivity contribution in [1.29, 1.82) is 0 Å². The second-order valence-corrected chi connectivity index (χ2v) is 9.15. The highest BCUT2D eigenvalue weighted by atomic mass is 32.2. The molecule has 1 aliphatic carbocycles. The first-order valence-electron chi connectivity index (χ1n) is 9.24. The minimum Gasteiger partial charge on any atom is -0.423 e. The molecule has 1 aromatic carbocycles. The predicted octanol–water partition coefficient (Wildman–Crippen LogP) is 3.05. The van der Waals surface area contributed by atoms with Gasteiger partial charge in [-0.3, -0.25) is 0 Å². The van der Waals surface area contributed by atoms with Crippen LogP contribution >= 0.6 is 0 Å². The SMILES string of the molecule is O=S(=O)(NCC1CCCN1c1nc2ccccc2o1)C1CCCCC1. The van der Waals surface area contributed by atoms with E-state index in [0.717, 1.165) is 62.6 Å². The zero-order valence-electron chi connectivity index (χ0n) is 14.4. The van der Waals surface area contributed by atoms with Gasteiger partial charge in [-0.25, -0.2) is 13.1 Å². The number of oxazole rings is 1. The Morgan fingerprint density at radius 1 is 1.12 bits per heavy atom. The molecule has 2 aliphatic rings. The molecular weight excluding hydrogens is 338 g/mol. The number of rotatable bonds is 5. The van der Waals surface area contributed by atoms with Gasteiger partial charge in [0.1, 0.15) is 5.52 Å². The maximum absolute atomic E-state index is 12.6. The number of nitrogens with one attached hydrogen (secondary N) is 1. The summed E-state index contributed by atoms with van der Waals surface area (Å²) in [5.41, 5.74) is 1.61. The number of sulfonamides is 1. The molecule has 1 aromatic heterocycles. The van der Waals surface area contributed by atoms with E-state index in [0.29, 0.717) is 12.6 Å². The molecule has 2 heterocycles. The van der Waals surface area contributed by atoms with Crippen molar-refractivity contribution in [3.05, 3.63) is 24.3 Å². The van der Waals surface area contributed by atoms with E-state index in [1.165, 1.54) is 0 Å². The summed E-state index contributed by atoms with van der Waals surface area (Å²) in [7, 11) is -3.23. The van der Waals surface area contributed by atoms with Crippen molar-refractivity contribution in [2.24, 2.45) is 0 Å². The van der Waals surface area contributed by atoms with Gasteiger partial charge in [0, 0.05) is 19.1 Å². The van der Waals surface area contributed by atoms with Gasteiger partial charge in [0.15, 0.2) is 5.58 Å². The van der Waals surface area contributed by atoms with E-state index in [9.17, 15) is 8.42 Å². The van der Waals surface area contributed by atoms with Gasteiger partial charge < -0.3 is 9.32 Å². The van der Waals surface area contributed by atoms with Crippen molar-refractivity contribution in [2.45, 2.75) is 56.2 Å². The van der Waals surface area contributed by atoms with Crippen LogP contribution in [-0.2, 0) is 10.0 Å². The van der Waals surface area contributed by atoms with E-state index < -0.39 is 10.0 Å². The Hall–Kier alpha value is -1.60. The number of nitrogens with zero attached hydrogens (tertiary/aromatic N) is 2. The van der Waals surface area contributed by atoms with Crippen LogP contribution in [0.4, 0.5) is 6.01 Å². The first-order chi connectivity index (χ1) is 12.1. The Bertz CT molecular complexity index is 794. The van der Waals surface area contributed by atoms with Gasteiger partial charge in [-0.1, -0.05) is 31.4 Å². The van der Waals surface area contributed by atoms with Gasteiger partial charge >= 0.3 is 0 Å². The average molecular weight is 363 g/mol. The number of fused-ring (bicyclic) bond motifs is 1. The van der Waals surface area contributed by atoms with Gasteiger partial charge in [0.25, 0.3) is 6.01 Å². The van der Waals surface area contributed by atoms with Gasteiger partial charge in [0.2, 0.25) is 10.0 Å². The molecule has 1 aliphatic heterocycles. The van der Waals surface area contributed by atoms with Crippen molar-refractivity contribution in [1.82, 2.24) is 9.71 Å². The number of para-hydroxylation sites is 2. The summed E-state index contributed by atoms with van der Waals surface area (Å²) in [5.74, 6) is 0. The second kappa shape index (κ2) is 6.96. The van der Waals surface area contributed by atoms with Gasteiger partial charge in [-0.05, 0) is 37.8 Å². The third-order valence-electron chi connectivity index (χ3n) is 5.42. The first-order valence-corrected chi connectivity index (χ1v) is 10.8. The topological polar surface area (TPSA) is 75.4 Å². The van der Waals surface area contributed by atoms with E-state index >= 15 is 0 Å². The maximum atomic E-state index is 12.6. The third kappa shape index (κ3) is 3.53. The van der Waals surface area contributed by atoms with Crippen LogP contribution in [0.15, 0.2) is 28.7 Å². The average Bonchev–Trinajstić information content (AvgIpc) is 3.27. The van der Waals surface area contributed by atoms with Crippen molar-refractivity contribution in [3.8, 4) is 0 Å². The van der Waals surface area contributed by atoms with Crippen LogP contribution in [0.1, 0.15) is 44.9 Å². The fourth-order valence-electron chi connectivity index (χ4n) is 3.99. The molecule has 4 rings (SSSR count). The van der Waals surface area contributed by atoms with E-state index in [1.807, 2.05) is 24.3 Å². The summed E-state index contributed by atoms with van der Waals surface area (Å²) < 4.78 is 33.8. The Labute approximate surface area is 148 Å². The monoisotopic (exact) mass is 363 g/mol. The highest BCUT2D eigenvalue weighted by Gasteiger charge is 2.32. The van der Waals surface area contributed by atoms with Crippen molar-refractivity contribution in [2.75, 3.05) is 18.0 Å². The lowest BCUT2D eigenvalue weighted by atomic mass is 10.0. The minimum absolute atomic E-state index is 0.103. The summed E-state index contributed by atoms with van der Waals surface area (Å²) in [6, 6.07) is 8.40. The second-order valence-electron chi connectivity index (χ2n) is 7.11. The van der Waals surface area contributed by atoms with Crippen LogP contribution in [0, 0.1) is 0 Å². The smallest absolute Gasteiger partial charge is 0.298 e.